The molecule has 1 fully saturated rings. The van der Waals surface area contributed by atoms with Crippen molar-refractivity contribution in [2.24, 2.45) is 7.05 Å². The molecule has 0 spiro atoms. The summed E-state index contributed by atoms with van der Waals surface area (Å²) in [5.74, 6) is 0.531. The number of anilines is 4. The molecular weight excluding hydrogens is 560 g/mol. The van der Waals surface area contributed by atoms with Gasteiger partial charge >= 0.3 is 0 Å². The first kappa shape index (κ1) is 29.1. The minimum absolute atomic E-state index is 0.0204. The summed E-state index contributed by atoms with van der Waals surface area (Å²) >= 11 is 1.55. The number of nitrogens with zero attached hydrogens (tertiary/aromatic N) is 5. The lowest BCUT2D eigenvalue weighted by Gasteiger charge is -2.33. The van der Waals surface area contributed by atoms with Gasteiger partial charge in [0.15, 0.2) is 0 Å². The number of aromatic nitrogens is 2. The lowest BCUT2D eigenvalue weighted by molar-refractivity contribution is 0.0999. The first-order chi connectivity index (χ1) is 20.5. The van der Waals surface area contributed by atoms with Gasteiger partial charge in [-0.15, -0.1) is 11.3 Å². The lowest BCUT2D eigenvalue weighted by Crippen LogP contribution is -2.44. The summed E-state index contributed by atoms with van der Waals surface area (Å²) in [6.07, 6.45) is 3.60. The molecule has 1 amide bonds. The predicted molar refractivity (Wildman–Crippen MR) is 174 cm³/mol. The van der Waals surface area contributed by atoms with Gasteiger partial charge in [0.2, 0.25) is 0 Å². The number of aryl methyl sites for hydroxylation is 1. The number of hydrogen-bond acceptors (Lipinski definition) is 8. The summed E-state index contributed by atoms with van der Waals surface area (Å²) in [5.41, 5.74) is 5.08. The van der Waals surface area contributed by atoms with Crippen LogP contribution < -0.4 is 20.7 Å². The van der Waals surface area contributed by atoms with Gasteiger partial charge in [-0.1, -0.05) is 32.9 Å². The van der Waals surface area contributed by atoms with Crippen LogP contribution in [0.25, 0.3) is 11.1 Å². The molecule has 1 aromatic carbocycles. The number of carbonyl (C=O) groups excluding carboxylic acids is 1. The first-order valence-corrected chi connectivity index (χ1v) is 15.4. The molecule has 6 rings (SSSR count). The Balaban J connectivity index is 1.28. The number of nitrogens with one attached hydrogen (secondary N) is 1. The number of amides is 1. The minimum Gasteiger partial charge on any atom is -0.392 e. The highest BCUT2D eigenvalue weighted by molar-refractivity contribution is 7.14. The van der Waals surface area contributed by atoms with Crippen LogP contribution in [0.1, 0.15) is 46.4 Å². The van der Waals surface area contributed by atoms with Gasteiger partial charge in [0.1, 0.15) is 11.5 Å². The van der Waals surface area contributed by atoms with Crippen molar-refractivity contribution >= 4 is 40.1 Å². The normalized spacial score (nSPS) is 15.7. The van der Waals surface area contributed by atoms with E-state index in [2.05, 4.69) is 54.0 Å². The van der Waals surface area contributed by atoms with Crippen LogP contribution in [0, 0.1) is 0 Å². The molecule has 1 saturated heterocycles. The van der Waals surface area contributed by atoms with Crippen molar-refractivity contribution in [3.8, 4) is 11.1 Å². The number of likely N-dealkylation sites (N-methyl/N-ethyl adjacent to an activating group) is 1. The van der Waals surface area contributed by atoms with E-state index in [9.17, 15) is 14.7 Å². The molecule has 3 aromatic heterocycles. The molecule has 2 aliphatic rings. The number of rotatable bonds is 6. The fourth-order valence-corrected chi connectivity index (χ4v) is 6.90. The Morgan fingerprint density at radius 1 is 1.02 bits per heavy atom. The Hall–Kier alpha value is -3.99. The second-order valence-electron chi connectivity index (χ2n) is 12.4. The standard InChI is InChI=1S/C33H38N6O3S/c1-33(2,3)28-16-22-19-39(32(42)30(22)43-28)27-8-6-7-24(25(27)20-40)21-15-26(31(41)37(5)18-21)35-29-10-9-23(17-34-29)38-13-11-36(4)12-14-38/h6-10,15-18,40H,11-14,19-20H2,1-5H3,(H,34,35). The van der Waals surface area contributed by atoms with Crippen molar-refractivity contribution < 1.29 is 9.90 Å². The van der Waals surface area contributed by atoms with Gasteiger partial charge in [-0.05, 0) is 53.9 Å². The van der Waals surface area contributed by atoms with E-state index in [-0.39, 0.29) is 23.5 Å². The summed E-state index contributed by atoms with van der Waals surface area (Å²) in [7, 11) is 3.84. The van der Waals surface area contributed by atoms with E-state index in [0.29, 0.717) is 29.3 Å². The Morgan fingerprint density at radius 3 is 2.44 bits per heavy atom. The molecule has 0 unspecified atom stereocenters. The summed E-state index contributed by atoms with van der Waals surface area (Å²) in [5, 5.41) is 13.8. The number of piperazine rings is 1. The van der Waals surface area contributed by atoms with E-state index >= 15 is 0 Å². The number of thiophene rings is 1. The van der Waals surface area contributed by atoms with Gasteiger partial charge in [-0.25, -0.2) is 4.98 Å². The van der Waals surface area contributed by atoms with E-state index in [4.69, 9.17) is 0 Å². The van der Waals surface area contributed by atoms with E-state index in [0.717, 1.165) is 53.4 Å². The van der Waals surface area contributed by atoms with Gasteiger partial charge in [0.25, 0.3) is 11.5 Å². The van der Waals surface area contributed by atoms with Crippen LogP contribution in [0.4, 0.5) is 22.9 Å². The summed E-state index contributed by atoms with van der Waals surface area (Å²) in [6, 6.07) is 13.5. The van der Waals surface area contributed by atoms with Gasteiger partial charge in [-0.2, -0.15) is 0 Å². The second kappa shape index (κ2) is 11.3. The van der Waals surface area contributed by atoms with Crippen molar-refractivity contribution in [1.82, 2.24) is 14.5 Å². The molecule has 0 atom stereocenters. The molecule has 0 radical (unpaired) electrons. The maximum Gasteiger partial charge on any atom is 0.274 e. The molecule has 0 saturated carbocycles. The monoisotopic (exact) mass is 598 g/mol. The molecule has 0 bridgehead atoms. The smallest absolute Gasteiger partial charge is 0.274 e. The molecule has 2 N–H and O–H groups in total. The number of carbonyl (C=O) groups is 1. The SMILES string of the molecule is CN1CCN(c2ccc(Nc3cc(-c4cccc(N5Cc6cc(C(C)(C)C)sc6C5=O)c4CO)cn(C)c3=O)nc2)CC1. The van der Waals surface area contributed by atoms with Crippen molar-refractivity contribution in [3.63, 3.8) is 0 Å². The average molecular weight is 599 g/mol. The Bertz CT molecular complexity index is 1730. The van der Waals surface area contributed by atoms with Crippen LogP contribution in [0.2, 0.25) is 0 Å². The van der Waals surface area contributed by atoms with Crippen LogP contribution >= 0.6 is 11.3 Å². The fourth-order valence-electron chi connectivity index (χ4n) is 5.72. The van der Waals surface area contributed by atoms with Crippen LogP contribution in [-0.4, -0.2) is 58.7 Å². The molecule has 0 aliphatic carbocycles. The number of hydrogen-bond donors (Lipinski definition) is 2. The number of aliphatic hydroxyl groups is 1. The third-order valence-corrected chi connectivity index (χ3v) is 9.88. The highest BCUT2D eigenvalue weighted by Crippen LogP contribution is 2.41. The van der Waals surface area contributed by atoms with Gasteiger partial charge < -0.3 is 29.7 Å². The molecule has 4 aromatic rings. The predicted octanol–water partition coefficient (Wildman–Crippen LogP) is 4.95. The fraction of sp³-hybridized carbons (Fsp3) is 0.364. The Morgan fingerprint density at radius 2 is 1.79 bits per heavy atom. The average Bonchev–Trinajstić information content (AvgIpc) is 3.55. The first-order valence-electron chi connectivity index (χ1n) is 14.6. The molecule has 224 valence electrons. The lowest BCUT2D eigenvalue weighted by atomic mass is 9.94. The van der Waals surface area contributed by atoms with Crippen molar-refractivity contribution in [3.05, 3.63) is 86.1 Å². The highest BCUT2D eigenvalue weighted by Gasteiger charge is 2.34. The van der Waals surface area contributed by atoms with Crippen molar-refractivity contribution in [2.45, 2.75) is 39.3 Å². The molecule has 5 heterocycles. The maximum atomic E-state index is 13.5. The number of aliphatic hydroxyl groups excluding tert-OH is 1. The summed E-state index contributed by atoms with van der Waals surface area (Å²) in [4.78, 5) is 39.6. The Kier molecular flexibility index (Phi) is 7.62. The number of fused-ring (bicyclic) bond motifs is 1. The van der Waals surface area contributed by atoms with E-state index in [1.165, 1.54) is 9.44 Å². The van der Waals surface area contributed by atoms with Crippen molar-refractivity contribution in [1.29, 1.82) is 0 Å². The van der Waals surface area contributed by atoms with Crippen LogP contribution in [-0.2, 0) is 25.6 Å². The molecule has 43 heavy (non-hydrogen) atoms. The largest absolute Gasteiger partial charge is 0.392 e. The second-order valence-corrected chi connectivity index (χ2v) is 13.5. The molecular formula is C33H38N6O3S. The summed E-state index contributed by atoms with van der Waals surface area (Å²) < 4.78 is 1.52. The van der Waals surface area contributed by atoms with E-state index in [1.54, 1.807) is 35.5 Å². The van der Waals surface area contributed by atoms with E-state index in [1.807, 2.05) is 36.5 Å². The Labute approximate surface area is 256 Å². The van der Waals surface area contributed by atoms with Gasteiger partial charge in [0.05, 0.1) is 35.6 Å². The van der Waals surface area contributed by atoms with E-state index < -0.39 is 0 Å². The molecule has 9 nitrogen and oxygen atoms in total. The number of benzene rings is 1. The van der Waals surface area contributed by atoms with Gasteiger partial charge in [0, 0.05) is 55.4 Å². The molecule has 10 heteroatoms. The van der Waals surface area contributed by atoms with Crippen molar-refractivity contribution in [2.75, 3.05) is 48.3 Å². The minimum atomic E-state index is -0.253. The van der Waals surface area contributed by atoms with Crippen LogP contribution in [0.3, 0.4) is 0 Å². The third kappa shape index (κ3) is 5.58. The summed E-state index contributed by atoms with van der Waals surface area (Å²) in [6.45, 7) is 10.6. The highest BCUT2D eigenvalue weighted by atomic mass is 32.1. The maximum absolute atomic E-state index is 13.5. The topological polar surface area (TPSA) is 93.9 Å². The van der Waals surface area contributed by atoms with Crippen LogP contribution in [0.5, 0.6) is 0 Å². The van der Waals surface area contributed by atoms with Gasteiger partial charge in [-0.3, -0.25) is 9.59 Å². The zero-order chi connectivity index (χ0) is 30.5. The molecule has 2 aliphatic heterocycles. The van der Waals surface area contributed by atoms with Crippen LogP contribution in [0.15, 0.2) is 59.7 Å². The number of pyridine rings is 2. The zero-order valence-corrected chi connectivity index (χ0v) is 26.2. The quantitative estimate of drug-likeness (QED) is 0.324. The third-order valence-electron chi connectivity index (χ3n) is 8.29. The zero-order valence-electron chi connectivity index (χ0n) is 25.3.